The van der Waals surface area contributed by atoms with Crippen LogP contribution in [0.1, 0.15) is 29.4 Å². The van der Waals surface area contributed by atoms with Gasteiger partial charge in [-0.05, 0) is 12.5 Å². The van der Waals surface area contributed by atoms with Crippen LogP contribution in [-0.4, -0.2) is 27.3 Å². The van der Waals surface area contributed by atoms with E-state index in [0.717, 1.165) is 5.56 Å². The normalized spacial score (nSPS) is 11.9. The molecule has 0 saturated heterocycles. The van der Waals surface area contributed by atoms with Crippen LogP contribution in [0.2, 0.25) is 0 Å². The zero-order chi connectivity index (χ0) is 15.2. The Balaban J connectivity index is 2.06. The topological polar surface area (TPSA) is 105 Å². The highest BCUT2D eigenvalue weighted by atomic mass is 16.6. The molecule has 1 aromatic carbocycles. The van der Waals surface area contributed by atoms with Crippen molar-refractivity contribution in [3.63, 3.8) is 0 Å². The number of hydrogen-bond donors (Lipinski definition) is 2. The monoisotopic (exact) mass is 289 g/mol. The lowest BCUT2D eigenvalue weighted by Crippen LogP contribution is -2.31. The van der Waals surface area contributed by atoms with Crippen LogP contribution in [-0.2, 0) is 16.0 Å². The van der Waals surface area contributed by atoms with Crippen LogP contribution < -0.4 is 5.32 Å². The number of hydrogen-bond acceptors (Lipinski definition) is 5. The smallest absolute Gasteiger partial charge is 0.305 e. The van der Waals surface area contributed by atoms with E-state index in [9.17, 15) is 9.59 Å². The lowest BCUT2D eigenvalue weighted by atomic mass is 10.0. The van der Waals surface area contributed by atoms with Gasteiger partial charge in [-0.2, -0.15) is 0 Å². The average molecular weight is 289 g/mol. The number of aliphatic carboxylic acids is 1. The summed E-state index contributed by atoms with van der Waals surface area (Å²) in [4.78, 5) is 23.0. The van der Waals surface area contributed by atoms with E-state index in [-0.39, 0.29) is 18.7 Å². The van der Waals surface area contributed by atoms with Crippen molar-refractivity contribution < 1.29 is 19.3 Å². The minimum atomic E-state index is -0.983. The largest absolute Gasteiger partial charge is 0.481 e. The predicted octanol–water partition coefficient (Wildman–Crippen LogP) is 1.25. The number of benzene rings is 1. The first kappa shape index (κ1) is 14.7. The molecule has 7 nitrogen and oxygen atoms in total. The molecule has 7 heteroatoms. The zero-order valence-corrected chi connectivity index (χ0v) is 11.4. The highest BCUT2D eigenvalue weighted by Gasteiger charge is 2.19. The molecule has 1 amide bonds. The molecule has 0 spiro atoms. The molecule has 0 aliphatic rings. The van der Waals surface area contributed by atoms with Crippen LogP contribution in [0.25, 0.3) is 0 Å². The molecule has 1 heterocycles. The second-order valence-electron chi connectivity index (χ2n) is 4.60. The molecule has 0 aliphatic heterocycles. The Morgan fingerprint density at radius 1 is 1.29 bits per heavy atom. The number of carboxylic acid groups (broad SMARTS) is 1. The molecule has 0 bridgehead atoms. The van der Waals surface area contributed by atoms with Crippen molar-refractivity contribution in [3.8, 4) is 0 Å². The molecule has 0 radical (unpaired) electrons. The molecule has 21 heavy (non-hydrogen) atoms. The summed E-state index contributed by atoms with van der Waals surface area (Å²) in [7, 11) is 0. The minimum absolute atomic E-state index is 0.00170. The van der Waals surface area contributed by atoms with E-state index >= 15 is 0 Å². The maximum absolute atomic E-state index is 12.0. The average Bonchev–Trinajstić information content (AvgIpc) is 2.84. The van der Waals surface area contributed by atoms with Crippen molar-refractivity contribution in [2.75, 3.05) is 0 Å². The maximum atomic E-state index is 12.0. The molecule has 1 atom stereocenters. The Hall–Kier alpha value is -2.70. The summed E-state index contributed by atoms with van der Waals surface area (Å²) >= 11 is 0. The van der Waals surface area contributed by atoms with Gasteiger partial charge in [0.15, 0.2) is 0 Å². The van der Waals surface area contributed by atoms with Gasteiger partial charge in [0.1, 0.15) is 11.4 Å². The second kappa shape index (κ2) is 6.65. The standard InChI is InChI=1S/C14H15N3O4/c1-9-11(17-21-16-9)7-13(18)15-12(8-14(19)20)10-5-3-2-4-6-10/h2-6,12H,7-8H2,1H3,(H,15,18)(H,19,20)/t12-/m0/s1. The zero-order valence-electron chi connectivity index (χ0n) is 11.4. The highest BCUT2D eigenvalue weighted by Crippen LogP contribution is 2.16. The van der Waals surface area contributed by atoms with Crippen LogP contribution >= 0.6 is 0 Å². The molecule has 110 valence electrons. The van der Waals surface area contributed by atoms with Crippen LogP contribution in [0.3, 0.4) is 0 Å². The van der Waals surface area contributed by atoms with Crippen LogP contribution in [0, 0.1) is 6.92 Å². The molecule has 0 aliphatic carbocycles. The van der Waals surface area contributed by atoms with Crippen LogP contribution in [0.4, 0.5) is 0 Å². The van der Waals surface area contributed by atoms with Gasteiger partial charge in [-0.25, -0.2) is 4.63 Å². The Morgan fingerprint density at radius 2 is 2.00 bits per heavy atom. The predicted molar refractivity (Wildman–Crippen MR) is 72.3 cm³/mol. The van der Waals surface area contributed by atoms with Crippen molar-refractivity contribution >= 4 is 11.9 Å². The third kappa shape index (κ3) is 4.13. The fourth-order valence-corrected chi connectivity index (χ4v) is 1.92. The number of aryl methyl sites for hydroxylation is 1. The summed E-state index contributed by atoms with van der Waals surface area (Å²) in [6.07, 6.45) is -0.190. The number of carboxylic acids is 1. The lowest BCUT2D eigenvalue weighted by Gasteiger charge is -2.17. The Bertz CT molecular complexity index is 624. The summed E-state index contributed by atoms with van der Waals surface area (Å²) in [5.74, 6) is -1.31. The molecule has 1 aromatic heterocycles. The number of aromatic nitrogens is 2. The number of carbonyl (C=O) groups excluding carboxylic acids is 1. The summed E-state index contributed by atoms with van der Waals surface area (Å²) < 4.78 is 4.53. The van der Waals surface area contributed by atoms with Gasteiger partial charge in [0, 0.05) is 0 Å². The van der Waals surface area contributed by atoms with Crippen molar-refractivity contribution in [2.24, 2.45) is 0 Å². The summed E-state index contributed by atoms with van der Waals surface area (Å²) in [5.41, 5.74) is 1.72. The number of amides is 1. The third-order valence-corrected chi connectivity index (χ3v) is 2.99. The van der Waals surface area contributed by atoms with Crippen molar-refractivity contribution in [1.82, 2.24) is 15.6 Å². The number of nitrogens with zero attached hydrogens (tertiary/aromatic N) is 2. The fraction of sp³-hybridized carbons (Fsp3) is 0.286. The van der Waals surface area contributed by atoms with E-state index in [1.54, 1.807) is 31.2 Å². The summed E-state index contributed by atoms with van der Waals surface area (Å²) in [6.45, 7) is 1.69. The van der Waals surface area contributed by atoms with Gasteiger partial charge in [0.25, 0.3) is 0 Å². The first-order valence-electron chi connectivity index (χ1n) is 6.40. The van der Waals surface area contributed by atoms with E-state index in [1.807, 2.05) is 6.07 Å². The first-order chi connectivity index (χ1) is 10.1. The molecular formula is C14H15N3O4. The van der Waals surface area contributed by atoms with E-state index in [4.69, 9.17) is 5.11 Å². The van der Waals surface area contributed by atoms with E-state index in [1.165, 1.54) is 0 Å². The lowest BCUT2D eigenvalue weighted by molar-refractivity contribution is -0.137. The first-order valence-corrected chi connectivity index (χ1v) is 6.40. The van der Waals surface area contributed by atoms with Crippen LogP contribution in [0.15, 0.2) is 35.0 Å². The van der Waals surface area contributed by atoms with Gasteiger partial charge in [0.2, 0.25) is 5.91 Å². The van der Waals surface area contributed by atoms with Gasteiger partial charge in [-0.1, -0.05) is 40.6 Å². The summed E-state index contributed by atoms with van der Waals surface area (Å²) in [6, 6.07) is 8.38. The maximum Gasteiger partial charge on any atom is 0.305 e. The molecule has 2 aromatic rings. The number of nitrogens with one attached hydrogen (secondary N) is 1. The van der Waals surface area contributed by atoms with Gasteiger partial charge >= 0.3 is 5.97 Å². The van der Waals surface area contributed by atoms with E-state index < -0.39 is 12.0 Å². The second-order valence-corrected chi connectivity index (χ2v) is 4.60. The quantitative estimate of drug-likeness (QED) is 0.829. The van der Waals surface area contributed by atoms with Crippen molar-refractivity contribution in [3.05, 3.63) is 47.3 Å². The fourth-order valence-electron chi connectivity index (χ4n) is 1.92. The van der Waals surface area contributed by atoms with E-state index in [2.05, 4.69) is 20.3 Å². The molecule has 0 fully saturated rings. The highest BCUT2D eigenvalue weighted by molar-refractivity contribution is 5.79. The van der Waals surface area contributed by atoms with Crippen molar-refractivity contribution in [1.29, 1.82) is 0 Å². The molecular weight excluding hydrogens is 274 g/mol. The van der Waals surface area contributed by atoms with Gasteiger partial charge in [-0.15, -0.1) is 0 Å². The molecule has 2 rings (SSSR count). The van der Waals surface area contributed by atoms with Gasteiger partial charge < -0.3 is 10.4 Å². The van der Waals surface area contributed by atoms with Gasteiger partial charge in [-0.3, -0.25) is 9.59 Å². The molecule has 0 saturated carbocycles. The van der Waals surface area contributed by atoms with Gasteiger partial charge in [0.05, 0.1) is 18.9 Å². The Kier molecular flexibility index (Phi) is 4.65. The SMILES string of the molecule is Cc1nonc1CC(=O)N[C@@H](CC(=O)O)c1ccccc1. The Morgan fingerprint density at radius 3 is 2.57 bits per heavy atom. The van der Waals surface area contributed by atoms with E-state index in [0.29, 0.717) is 11.4 Å². The number of rotatable bonds is 6. The molecule has 2 N–H and O–H groups in total. The molecule has 0 unspecified atom stereocenters. The number of carbonyl (C=O) groups is 2. The van der Waals surface area contributed by atoms with Crippen LogP contribution in [0.5, 0.6) is 0 Å². The van der Waals surface area contributed by atoms with Crippen molar-refractivity contribution in [2.45, 2.75) is 25.8 Å². The summed E-state index contributed by atoms with van der Waals surface area (Å²) in [5, 5.41) is 18.9. The Labute approximate surface area is 120 Å². The minimum Gasteiger partial charge on any atom is -0.481 e. The third-order valence-electron chi connectivity index (χ3n) is 2.99.